The number of halogens is 2. The molecule has 2 heterocycles. The molecule has 18 heavy (non-hydrogen) atoms. The van der Waals surface area contributed by atoms with E-state index in [4.69, 9.17) is 0 Å². The van der Waals surface area contributed by atoms with Gasteiger partial charge in [-0.2, -0.15) is 0 Å². The van der Waals surface area contributed by atoms with Gasteiger partial charge in [0.05, 0.1) is 13.6 Å². The van der Waals surface area contributed by atoms with Crippen LogP contribution >= 0.6 is 54.5 Å². The van der Waals surface area contributed by atoms with Crippen LogP contribution in [-0.4, -0.2) is 16.7 Å². The van der Waals surface area contributed by atoms with Crippen molar-refractivity contribution >= 4 is 54.5 Å². The summed E-state index contributed by atoms with van der Waals surface area (Å²) in [6, 6.07) is 2.38. The lowest BCUT2D eigenvalue weighted by Gasteiger charge is -2.10. The van der Waals surface area contributed by atoms with E-state index < -0.39 is 0 Å². The molecule has 0 aliphatic rings. The lowest BCUT2D eigenvalue weighted by molar-refractivity contribution is 0.531. The molecule has 3 nitrogen and oxygen atoms in total. The topological polar surface area (TPSA) is 37.8 Å². The zero-order valence-electron chi connectivity index (χ0n) is 10.0. The minimum Gasteiger partial charge on any atom is -0.308 e. The molecule has 2 rings (SSSR count). The highest BCUT2D eigenvalue weighted by molar-refractivity contribution is 9.12. The van der Waals surface area contributed by atoms with Crippen LogP contribution in [0.5, 0.6) is 0 Å². The van der Waals surface area contributed by atoms with E-state index in [-0.39, 0.29) is 0 Å². The third kappa shape index (κ3) is 3.19. The number of aromatic nitrogens is 2. The van der Waals surface area contributed by atoms with Crippen LogP contribution in [-0.2, 0) is 0 Å². The summed E-state index contributed by atoms with van der Waals surface area (Å²) in [7, 11) is 0. The number of hydrogen-bond acceptors (Lipinski definition) is 5. The number of rotatable bonds is 5. The minimum absolute atomic E-state index is 0.308. The fourth-order valence-electron chi connectivity index (χ4n) is 1.62. The number of thiophene rings is 1. The predicted molar refractivity (Wildman–Crippen MR) is 85.3 cm³/mol. The summed E-state index contributed by atoms with van der Waals surface area (Å²) >= 11 is 10.4. The Bertz CT molecular complexity index is 524. The first kappa shape index (κ1) is 14.6. The van der Waals surface area contributed by atoms with Gasteiger partial charge in [-0.15, -0.1) is 21.5 Å². The second-order valence-electron chi connectivity index (χ2n) is 3.70. The van der Waals surface area contributed by atoms with Crippen molar-refractivity contribution in [2.75, 3.05) is 6.54 Å². The maximum Gasteiger partial charge on any atom is 0.149 e. The molecule has 1 atom stereocenters. The van der Waals surface area contributed by atoms with Crippen molar-refractivity contribution in [1.82, 2.24) is 15.5 Å². The van der Waals surface area contributed by atoms with Crippen molar-refractivity contribution in [3.05, 3.63) is 18.6 Å². The van der Waals surface area contributed by atoms with E-state index in [2.05, 4.69) is 67.3 Å². The monoisotopic (exact) mass is 409 g/mol. The summed E-state index contributed by atoms with van der Waals surface area (Å²) in [6.45, 7) is 5.21. The van der Waals surface area contributed by atoms with Gasteiger partial charge in [0.2, 0.25) is 0 Å². The van der Waals surface area contributed by atoms with E-state index >= 15 is 0 Å². The van der Waals surface area contributed by atoms with E-state index in [9.17, 15) is 0 Å². The van der Waals surface area contributed by atoms with Gasteiger partial charge in [-0.1, -0.05) is 25.2 Å². The van der Waals surface area contributed by atoms with Gasteiger partial charge in [-0.3, -0.25) is 0 Å². The maximum absolute atomic E-state index is 4.31. The molecular formula is C11H13Br2N3S2. The standard InChI is InChI=1S/C11H13Br2N3S2/c1-3-7(14-4-2)11-16-15-10(18-11)6-5-8(12)17-9(6)13/h5,7,14H,3-4H2,1-2H3. The second-order valence-corrected chi connectivity index (χ2v) is 8.46. The fourth-order valence-corrected chi connectivity index (χ4v) is 5.65. The Morgan fingerprint density at radius 1 is 1.28 bits per heavy atom. The second kappa shape index (κ2) is 6.56. The van der Waals surface area contributed by atoms with E-state index in [0.717, 1.165) is 36.1 Å². The van der Waals surface area contributed by atoms with Gasteiger partial charge in [0, 0.05) is 5.56 Å². The molecule has 0 fully saturated rings. The van der Waals surface area contributed by atoms with Crippen LogP contribution in [0, 0.1) is 0 Å². The first-order valence-corrected chi connectivity index (χ1v) is 8.89. The van der Waals surface area contributed by atoms with Crippen LogP contribution in [0.3, 0.4) is 0 Å². The van der Waals surface area contributed by atoms with Gasteiger partial charge in [-0.25, -0.2) is 0 Å². The summed E-state index contributed by atoms with van der Waals surface area (Å²) in [5, 5.41) is 14.1. The number of nitrogens with zero attached hydrogens (tertiary/aromatic N) is 2. The van der Waals surface area contributed by atoms with Gasteiger partial charge in [0.25, 0.3) is 0 Å². The number of nitrogens with one attached hydrogen (secondary N) is 1. The Morgan fingerprint density at radius 2 is 2.06 bits per heavy atom. The molecule has 0 aromatic carbocycles. The van der Waals surface area contributed by atoms with Gasteiger partial charge in [0.1, 0.15) is 10.0 Å². The normalized spacial score (nSPS) is 12.9. The van der Waals surface area contributed by atoms with Crippen LogP contribution in [0.15, 0.2) is 13.6 Å². The Morgan fingerprint density at radius 3 is 2.61 bits per heavy atom. The molecule has 0 bridgehead atoms. The fraction of sp³-hybridized carbons (Fsp3) is 0.455. The summed E-state index contributed by atoms with van der Waals surface area (Å²) in [5.41, 5.74) is 1.11. The number of hydrogen-bond donors (Lipinski definition) is 1. The Kier molecular flexibility index (Phi) is 5.32. The van der Waals surface area contributed by atoms with Gasteiger partial charge >= 0.3 is 0 Å². The van der Waals surface area contributed by atoms with Crippen LogP contribution in [0.25, 0.3) is 10.6 Å². The molecular weight excluding hydrogens is 398 g/mol. The summed E-state index contributed by atoms with van der Waals surface area (Å²) in [4.78, 5) is 0. The smallest absolute Gasteiger partial charge is 0.149 e. The largest absolute Gasteiger partial charge is 0.308 e. The molecule has 0 amide bonds. The van der Waals surface area contributed by atoms with Gasteiger partial charge in [-0.05, 0) is 50.9 Å². The van der Waals surface area contributed by atoms with E-state index in [1.165, 1.54) is 0 Å². The summed E-state index contributed by atoms with van der Waals surface area (Å²) < 4.78 is 2.19. The zero-order valence-corrected chi connectivity index (χ0v) is 14.8. The van der Waals surface area contributed by atoms with Crippen molar-refractivity contribution in [3.8, 4) is 10.6 Å². The third-order valence-corrected chi connectivity index (χ3v) is 5.89. The summed E-state index contributed by atoms with van der Waals surface area (Å²) in [6.07, 6.45) is 1.02. The van der Waals surface area contributed by atoms with E-state index in [0.29, 0.717) is 6.04 Å². The molecule has 0 aliphatic carbocycles. The molecule has 2 aromatic heterocycles. The van der Waals surface area contributed by atoms with Gasteiger partial charge < -0.3 is 5.32 Å². The van der Waals surface area contributed by atoms with Crippen molar-refractivity contribution in [2.45, 2.75) is 26.3 Å². The van der Waals surface area contributed by atoms with Crippen molar-refractivity contribution in [2.24, 2.45) is 0 Å². The SMILES string of the molecule is CCNC(CC)c1nnc(-c2cc(Br)sc2Br)s1. The Labute approximate surface area is 131 Å². The molecule has 0 radical (unpaired) electrons. The highest BCUT2D eigenvalue weighted by Gasteiger charge is 2.17. The van der Waals surface area contributed by atoms with Crippen molar-refractivity contribution < 1.29 is 0 Å². The average Bonchev–Trinajstić information content (AvgIpc) is 2.92. The van der Waals surface area contributed by atoms with Crippen LogP contribution in [0.1, 0.15) is 31.3 Å². The molecule has 0 spiro atoms. The predicted octanol–water partition coefficient (Wildman–Crippen LogP) is 4.85. The molecule has 2 aromatic rings. The molecule has 98 valence electrons. The molecule has 7 heteroatoms. The lowest BCUT2D eigenvalue weighted by Crippen LogP contribution is -2.19. The maximum atomic E-state index is 4.31. The first-order chi connectivity index (χ1) is 8.65. The van der Waals surface area contributed by atoms with Crippen LogP contribution in [0.4, 0.5) is 0 Å². The van der Waals surface area contributed by atoms with E-state index in [1.54, 1.807) is 22.7 Å². The van der Waals surface area contributed by atoms with Crippen molar-refractivity contribution in [3.63, 3.8) is 0 Å². The quantitative estimate of drug-likeness (QED) is 0.765. The van der Waals surface area contributed by atoms with Crippen LogP contribution in [0.2, 0.25) is 0 Å². The lowest BCUT2D eigenvalue weighted by atomic mass is 10.2. The molecule has 0 aliphatic heterocycles. The molecule has 0 saturated carbocycles. The Balaban J connectivity index is 2.27. The van der Waals surface area contributed by atoms with Gasteiger partial charge in [0.15, 0.2) is 0 Å². The molecule has 1 N–H and O–H groups in total. The molecule has 0 saturated heterocycles. The molecule has 1 unspecified atom stereocenters. The van der Waals surface area contributed by atoms with E-state index in [1.807, 2.05) is 0 Å². The average molecular weight is 411 g/mol. The third-order valence-electron chi connectivity index (χ3n) is 2.48. The minimum atomic E-state index is 0.308. The Hall–Kier alpha value is 0.180. The highest BCUT2D eigenvalue weighted by atomic mass is 79.9. The zero-order chi connectivity index (χ0) is 13.1. The van der Waals surface area contributed by atoms with Crippen molar-refractivity contribution in [1.29, 1.82) is 0 Å². The highest BCUT2D eigenvalue weighted by Crippen LogP contribution is 2.40. The van der Waals surface area contributed by atoms with Crippen LogP contribution < -0.4 is 5.32 Å². The summed E-state index contributed by atoms with van der Waals surface area (Å²) in [5.74, 6) is 0. The first-order valence-electron chi connectivity index (χ1n) is 5.67.